The lowest BCUT2D eigenvalue weighted by Gasteiger charge is -2.17. The average Bonchev–Trinajstić information content (AvgIpc) is 3.30. The molecule has 35 heavy (non-hydrogen) atoms. The quantitative estimate of drug-likeness (QED) is 0.157. The molecule has 178 valence electrons. The van der Waals surface area contributed by atoms with Gasteiger partial charge in [-0.05, 0) is 72.0 Å². The Balaban J connectivity index is 1.86. The molecule has 4 rings (SSSR count). The van der Waals surface area contributed by atoms with Crippen molar-refractivity contribution in [2.24, 2.45) is 0 Å². The van der Waals surface area contributed by atoms with Gasteiger partial charge in [-0.15, -0.1) is 0 Å². The molecule has 0 aliphatic heterocycles. The Morgan fingerprint density at radius 2 is 1.77 bits per heavy atom. The van der Waals surface area contributed by atoms with Crippen LogP contribution in [0.1, 0.15) is 42.7 Å². The van der Waals surface area contributed by atoms with Crippen LogP contribution in [0.15, 0.2) is 78.9 Å². The van der Waals surface area contributed by atoms with E-state index in [-0.39, 0.29) is 5.97 Å². The number of aromatic nitrogens is 1. The van der Waals surface area contributed by atoms with E-state index in [1.807, 2.05) is 42.5 Å². The maximum Gasteiger partial charge on any atom is 0.330 e. The normalized spacial score (nSPS) is 12.1. The minimum Gasteiger partial charge on any atom is -0.497 e. The van der Waals surface area contributed by atoms with Gasteiger partial charge in [0, 0.05) is 28.2 Å². The van der Waals surface area contributed by atoms with Gasteiger partial charge in [-0.25, -0.2) is 4.79 Å². The Hall–Kier alpha value is -3.76. The molecule has 0 amide bonds. The molecule has 0 bridgehead atoms. The standard InChI is InChI=1S/C30H28ClNO3/c1-4-24(25-16-15-23(34-3)19-26(25)31)30(28-18-22-8-6-7-9-27(22)32-28)21-13-10-20(11-14-21)12-17-29(33)35-5-2/h6-19,32H,4-5H2,1-3H3/b17-12+,30-24+. The van der Waals surface area contributed by atoms with E-state index in [2.05, 4.69) is 42.2 Å². The van der Waals surface area contributed by atoms with Gasteiger partial charge in [-0.1, -0.05) is 61.0 Å². The van der Waals surface area contributed by atoms with E-state index in [4.69, 9.17) is 21.1 Å². The van der Waals surface area contributed by atoms with Gasteiger partial charge in [0.25, 0.3) is 0 Å². The summed E-state index contributed by atoms with van der Waals surface area (Å²) in [5, 5.41) is 1.79. The first-order valence-corrected chi connectivity index (χ1v) is 12.0. The van der Waals surface area contributed by atoms with Crippen molar-refractivity contribution in [1.82, 2.24) is 4.98 Å². The molecule has 3 aromatic carbocycles. The number of aromatic amines is 1. The van der Waals surface area contributed by atoms with Crippen LogP contribution in [-0.4, -0.2) is 24.7 Å². The highest BCUT2D eigenvalue weighted by Gasteiger charge is 2.17. The highest BCUT2D eigenvalue weighted by molar-refractivity contribution is 6.33. The van der Waals surface area contributed by atoms with E-state index in [1.54, 1.807) is 20.1 Å². The van der Waals surface area contributed by atoms with Crippen LogP contribution in [0.4, 0.5) is 0 Å². The number of halogens is 1. The summed E-state index contributed by atoms with van der Waals surface area (Å²) in [6, 6.07) is 24.3. The molecule has 0 spiro atoms. The maximum absolute atomic E-state index is 11.7. The summed E-state index contributed by atoms with van der Waals surface area (Å²) >= 11 is 6.72. The molecule has 0 aliphatic rings. The second-order valence-electron chi connectivity index (χ2n) is 8.03. The zero-order valence-corrected chi connectivity index (χ0v) is 20.9. The first-order chi connectivity index (χ1) is 17.0. The average molecular weight is 486 g/mol. The number of carbonyl (C=O) groups excluding carboxylic acids is 1. The predicted octanol–water partition coefficient (Wildman–Crippen LogP) is 7.78. The number of carbonyl (C=O) groups is 1. The largest absolute Gasteiger partial charge is 0.497 e. The minimum atomic E-state index is -0.349. The number of benzene rings is 3. The van der Waals surface area contributed by atoms with Crippen molar-refractivity contribution in [3.63, 3.8) is 0 Å². The topological polar surface area (TPSA) is 51.3 Å². The first-order valence-electron chi connectivity index (χ1n) is 11.6. The van der Waals surface area contributed by atoms with Crippen LogP contribution < -0.4 is 4.74 Å². The van der Waals surface area contributed by atoms with E-state index in [0.717, 1.165) is 56.6 Å². The fourth-order valence-corrected chi connectivity index (χ4v) is 4.47. The van der Waals surface area contributed by atoms with E-state index in [0.29, 0.717) is 11.6 Å². The van der Waals surface area contributed by atoms with Gasteiger partial charge in [0.1, 0.15) is 5.75 Å². The fraction of sp³-hybridized carbons (Fsp3) is 0.167. The molecular weight excluding hydrogens is 458 g/mol. The van der Waals surface area contributed by atoms with Crippen LogP contribution in [0.3, 0.4) is 0 Å². The van der Waals surface area contributed by atoms with Crippen LogP contribution >= 0.6 is 11.6 Å². The van der Waals surface area contributed by atoms with Gasteiger partial charge < -0.3 is 14.5 Å². The molecule has 4 aromatic rings. The maximum atomic E-state index is 11.7. The Kier molecular flexibility index (Phi) is 7.74. The third-order valence-electron chi connectivity index (χ3n) is 5.85. The second kappa shape index (κ2) is 11.1. The smallest absolute Gasteiger partial charge is 0.330 e. The van der Waals surface area contributed by atoms with E-state index >= 15 is 0 Å². The summed E-state index contributed by atoms with van der Waals surface area (Å²) in [4.78, 5) is 15.3. The van der Waals surface area contributed by atoms with Gasteiger partial charge in [-0.2, -0.15) is 0 Å². The molecule has 0 saturated carbocycles. The number of nitrogens with one attached hydrogen (secondary N) is 1. The highest BCUT2D eigenvalue weighted by Crippen LogP contribution is 2.39. The Morgan fingerprint density at radius 3 is 2.43 bits per heavy atom. The third kappa shape index (κ3) is 5.50. The van der Waals surface area contributed by atoms with Crippen molar-refractivity contribution in [2.75, 3.05) is 13.7 Å². The minimum absolute atomic E-state index is 0.349. The summed E-state index contributed by atoms with van der Waals surface area (Å²) < 4.78 is 10.3. The van der Waals surface area contributed by atoms with Gasteiger partial charge in [-0.3, -0.25) is 0 Å². The van der Waals surface area contributed by atoms with Crippen molar-refractivity contribution >= 4 is 45.7 Å². The van der Waals surface area contributed by atoms with Crippen molar-refractivity contribution in [2.45, 2.75) is 20.3 Å². The predicted molar refractivity (Wildman–Crippen MR) is 145 cm³/mol. The zero-order chi connectivity index (χ0) is 24.8. The Bertz CT molecular complexity index is 1360. The third-order valence-corrected chi connectivity index (χ3v) is 6.17. The fourth-order valence-electron chi connectivity index (χ4n) is 4.19. The Morgan fingerprint density at radius 1 is 1.00 bits per heavy atom. The van der Waals surface area contributed by atoms with Crippen molar-refractivity contribution in [3.8, 4) is 5.75 Å². The van der Waals surface area contributed by atoms with Crippen LogP contribution in [0.5, 0.6) is 5.75 Å². The SMILES string of the molecule is CCOC(=O)/C=C/c1ccc(/C(=C(/CC)c2ccc(OC)cc2Cl)c2cc3ccccc3[nH]2)cc1. The van der Waals surface area contributed by atoms with Crippen molar-refractivity contribution in [3.05, 3.63) is 106 Å². The van der Waals surface area contributed by atoms with E-state index < -0.39 is 0 Å². The number of para-hydroxylation sites is 1. The van der Waals surface area contributed by atoms with Gasteiger partial charge >= 0.3 is 5.97 Å². The monoisotopic (exact) mass is 485 g/mol. The molecule has 0 aliphatic carbocycles. The lowest BCUT2D eigenvalue weighted by Crippen LogP contribution is -1.98. The molecule has 0 atom stereocenters. The summed E-state index contributed by atoms with van der Waals surface area (Å²) in [7, 11) is 1.63. The number of methoxy groups -OCH3 is 1. The highest BCUT2D eigenvalue weighted by atomic mass is 35.5. The van der Waals surface area contributed by atoms with Gasteiger partial charge in [0.05, 0.1) is 18.7 Å². The molecule has 0 fully saturated rings. The molecule has 0 unspecified atom stereocenters. The second-order valence-corrected chi connectivity index (χ2v) is 8.44. The van der Waals surface area contributed by atoms with Gasteiger partial charge in [0.2, 0.25) is 0 Å². The lowest BCUT2D eigenvalue weighted by atomic mass is 9.90. The van der Waals surface area contributed by atoms with Crippen molar-refractivity contribution in [1.29, 1.82) is 0 Å². The number of rotatable bonds is 8. The number of fused-ring (bicyclic) bond motifs is 1. The molecule has 0 radical (unpaired) electrons. The van der Waals surface area contributed by atoms with Crippen LogP contribution in [0.25, 0.3) is 28.1 Å². The molecule has 1 N–H and O–H groups in total. The number of hydrogen-bond donors (Lipinski definition) is 1. The van der Waals surface area contributed by atoms with Crippen LogP contribution in [-0.2, 0) is 9.53 Å². The molecule has 1 heterocycles. The summed E-state index contributed by atoms with van der Waals surface area (Å²) in [6.45, 7) is 4.28. The van der Waals surface area contributed by atoms with Gasteiger partial charge in [0.15, 0.2) is 0 Å². The number of ether oxygens (including phenoxy) is 2. The van der Waals surface area contributed by atoms with Crippen LogP contribution in [0.2, 0.25) is 5.02 Å². The van der Waals surface area contributed by atoms with E-state index in [9.17, 15) is 4.79 Å². The number of H-pyrrole nitrogens is 1. The molecule has 0 saturated heterocycles. The molecule has 1 aromatic heterocycles. The number of hydrogen-bond acceptors (Lipinski definition) is 3. The first kappa shape index (κ1) is 24.4. The molecule has 4 nitrogen and oxygen atoms in total. The Labute approximate surface area is 210 Å². The zero-order valence-electron chi connectivity index (χ0n) is 20.1. The number of allylic oxidation sites excluding steroid dienone is 1. The van der Waals surface area contributed by atoms with Crippen LogP contribution in [0, 0.1) is 0 Å². The molecule has 5 heteroatoms. The lowest BCUT2D eigenvalue weighted by molar-refractivity contribution is -0.137. The summed E-state index contributed by atoms with van der Waals surface area (Å²) in [5.41, 5.74) is 7.23. The van der Waals surface area contributed by atoms with Crippen molar-refractivity contribution < 1.29 is 14.3 Å². The number of esters is 1. The summed E-state index contributed by atoms with van der Waals surface area (Å²) in [6.07, 6.45) is 3.98. The molecular formula is C30H28ClNO3. The summed E-state index contributed by atoms with van der Waals surface area (Å²) in [5.74, 6) is 0.372. The van der Waals surface area contributed by atoms with E-state index in [1.165, 1.54) is 6.08 Å².